The second-order valence-electron chi connectivity index (χ2n) is 7.07. The van der Waals surface area contributed by atoms with Gasteiger partial charge in [-0.1, -0.05) is 42.5 Å². The molecule has 0 aliphatic rings. The topological polar surface area (TPSA) is 82.3 Å². The molecule has 2 aromatic heterocycles. The van der Waals surface area contributed by atoms with E-state index in [0.717, 1.165) is 10.4 Å². The number of carbonyl (C=O) groups excluding carboxylic acids is 1. The van der Waals surface area contributed by atoms with Crippen LogP contribution < -0.4 is 21.3 Å². The molecule has 4 rings (SSSR count). The number of thiophene rings is 1. The van der Waals surface area contributed by atoms with Gasteiger partial charge in [-0.05, 0) is 30.7 Å². The normalized spacial score (nSPS) is 10.9. The van der Waals surface area contributed by atoms with Crippen LogP contribution in [0.25, 0.3) is 10.2 Å². The molecule has 0 spiro atoms. The van der Waals surface area contributed by atoms with E-state index in [1.165, 1.54) is 27.6 Å². The molecular formula is C23H21N3O4S. The molecule has 0 saturated heterocycles. The summed E-state index contributed by atoms with van der Waals surface area (Å²) < 4.78 is 7.81. The third-order valence-corrected chi connectivity index (χ3v) is 5.96. The van der Waals surface area contributed by atoms with Gasteiger partial charge >= 0.3 is 5.69 Å². The first-order chi connectivity index (χ1) is 15.0. The molecule has 1 amide bonds. The number of hydrogen-bond acceptors (Lipinski definition) is 5. The molecule has 158 valence electrons. The van der Waals surface area contributed by atoms with Gasteiger partial charge in [0.05, 0.1) is 24.7 Å². The highest BCUT2D eigenvalue weighted by Gasteiger charge is 2.18. The number of ether oxygens (including phenoxy) is 1. The Kier molecular flexibility index (Phi) is 5.73. The molecule has 0 bridgehead atoms. The Bertz CT molecular complexity index is 1370. The Morgan fingerprint density at radius 1 is 1.03 bits per heavy atom. The zero-order valence-corrected chi connectivity index (χ0v) is 17.9. The molecule has 2 heterocycles. The van der Waals surface area contributed by atoms with Gasteiger partial charge in [0.15, 0.2) is 0 Å². The van der Waals surface area contributed by atoms with Crippen molar-refractivity contribution in [1.82, 2.24) is 9.13 Å². The minimum atomic E-state index is -0.515. The van der Waals surface area contributed by atoms with Crippen LogP contribution in [-0.2, 0) is 17.9 Å². The molecule has 0 fully saturated rings. The highest BCUT2D eigenvalue weighted by molar-refractivity contribution is 7.18. The van der Waals surface area contributed by atoms with Crippen LogP contribution >= 0.6 is 11.3 Å². The smallest absolute Gasteiger partial charge is 0.332 e. The average Bonchev–Trinajstić information content (AvgIpc) is 3.17. The van der Waals surface area contributed by atoms with E-state index in [9.17, 15) is 14.4 Å². The van der Waals surface area contributed by atoms with E-state index in [2.05, 4.69) is 5.32 Å². The summed E-state index contributed by atoms with van der Waals surface area (Å²) in [6.07, 6.45) is 0. The van der Waals surface area contributed by atoms with Gasteiger partial charge in [0.2, 0.25) is 5.91 Å². The number of fused-ring (bicyclic) bond motifs is 1. The van der Waals surface area contributed by atoms with Crippen LogP contribution in [0.4, 0.5) is 5.69 Å². The zero-order valence-electron chi connectivity index (χ0n) is 17.1. The summed E-state index contributed by atoms with van der Waals surface area (Å²) in [5.41, 5.74) is 0.477. The number of hydrogen-bond donors (Lipinski definition) is 1. The maximum atomic E-state index is 13.3. The van der Waals surface area contributed by atoms with E-state index >= 15 is 0 Å². The van der Waals surface area contributed by atoms with E-state index in [0.29, 0.717) is 21.7 Å². The van der Waals surface area contributed by atoms with Crippen molar-refractivity contribution < 1.29 is 9.53 Å². The third kappa shape index (κ3) is 4.15. The molecule has 2 aromatic carbocycles. The van der Waals surface area contributed by atoms with Crippen LogP contribution in [0, 0.1) is 6.92 Å². The molecule has 0 unspecified atom stereocenters. The fourth-order valence-electron chi connectivity index (χ4n) is 3.45. The second-order valence-corrected chi connectivity index (χ2v) is 8.30. The molecule has 1 N–H and O–H groups in total. The van der Waals surface area contributed by atoms with Crippen molar-refractivity contribution in [3.63, 3.8) is 0 Å². The number of methoxy groups -OCH3 is 1. The number of aryl methyl sites for hydroxylation is 1. The molecule has 0 aliphatic carbocycles. The summed E-state index contributed by atoms with van der Waals surface area (Å²) in [6.45, 7) is 1.79. The highest BCUT2D eigenvalue weighted by Crippen LogP contribution is 2.24. The first kappa shape index (κ1) is 20.6. The number of carbonyl (C=O) groups is 1. The fourth-order valence-corrected chi connectivity index (χ4v) is 4.44. The molecule has 0 saturated carbocycles. The predicted molar refractivity (Wildman–Crippen MR) is 122 cm³/mol. The second kappa shape index (κ2) is 8.61. The molecule has 8 heteroatoms. The van der Waals surface area contributed by atoms with Crippen LogP contribution in [0.3, 0.4) is 0 Å². The monoisotopic (exact) mass is 435 g/mol. The van der Waals surface area contributed by atoms with Gasteiger partial charge in [0.1, 0.15) is 17.1 Å². The van der Waals surface area contributed by atoms with Crippen molar-refractivity contribution in [2.75, 3.05) is 12.4 Å². The van der Waals surface area contributed by atoms with Gasteiger partial charge in [0, 0.05) is 4.88 Å². The van der Waals surface area contributed by atoms with E-state index in [4.69, 9.17) is 4.74 Å². The van der Waals surface area contributed by atoms with Crippen molar-refractivity contribution in [2.24, 2.45) is 0 Å². The Morgan fingerprint density at radius 3 is 2.48 bits per heavy atom. The summed E-state index contributed by atoms with van der Waals surface area (Å²) in [4.78, 5) is 40.5. The molecule has 0 atom stereocenters. The number of rotatable bonds is 6. The number of anilines is 1. The van der Waals surface area contributed by atoms with Crippen LogP contribution in [0.1, 0.15) is 10.4 Å². The van der Waals surface area contributed by atoms with Crippen molar-refractivity contribution in [3.05, 3.63) is 91.9 Å². The molecule has 0 radical (unpaired) electrons. The predicted octanol–water partition coefficient (Wildman–Crippen LogP) is 3.23. The van der Waals surface area contributed by atoms with Crippen molar-refractivity contribution in [3.8, 4) is 5.75 Å². The summed E-state index contributed by atoms with van der Waals surface area (Å²) in [5, 5.41) is 3.22. The average molecular weight is 436 g/mol. The summed E-state index contributed by atoms with van der Waals surface area (Å²) >= 11 is 1.32. The number of nitrogens with one attached hydrogen (secondary N) is 1. The molecule has 7 nitrogen and oxygen atoms in total. The number of nitrogens with zero attached hydrogens (tertiary/aromatic N) is 2. The first-order valence-electron chi connectivity index (χ1n) is 9.68. The summed E-state index contributed by atoms with van der Waals surface area (Å²) in [7, 11) is 1.52. The minimum absolute atomic E-state index is 0.136. The summed E-state index contributed by atoms with van der Waals surface area (Å²) in [5.74, 6) is 0.137. The van der Waals surface area contributed by atoms with E-state index < -0.39 is 5.69 Å². The van der Waals surface area contributed by atoms with Crippen LogP contribution in [-0.4, -0.2) is 22.2 Å². The van der Waals surface area contributed by atoms with Gasteiger partial charge in [-0.25, -0.2) is 4.79 Å². The van der Waals surface area contributed by atoms with E-state index in [1.807, 2.05) is 37.3 Å². The number of aromatic nitrogens is 2. The standard InChI is InChI=1S/C23H21N3O4S/c1-15-12-17-21(28)25(13-16-8-4-3-5-9-16)23(29)26(22(17)31-15)14-20(27)24-18-10-6-7-11-19(18)30-2/h3-12H,13-14H2,1-2H3,(H,24,27). The van der Waals surface area contributed by atoms with Gasteiger partial charge in [-0.3, -0.25) is 18.7 Å². The van der Waals surface area contributed by atoms with Gasteiger partial charge in [0.25, 0.3) is 5.56 Å². The highest BCUT2D eigenvalue weighted by atomic mass is 32.1. The lowest BCUT2D eigenvalue weighted by Crippen LogP contribution is -2.41. The van der Waals surface area contributed by atoms with Gasteiger partial charge in [-0.15, -0.1) is 11.3 Å². The first-order valence-corrected chi connectivity index (χ1v) is 10.5. The van der Waals surface area contributed by atoms with Gasteiger partial charge in [-0.2, -0.15) is 0 Å². The lowest BCUT2D eigenvalue weighted by Gasteiger charge is -2.13. The fraction of sp³-hybridized carbons (Fsp3) is 0.174. The van der Waals surface area contributed by atoms with E-state index in [1.54, 1.807) is 30.3 Å². The Balaban J connectivity index is 1.75. The lowest BCUT2D eigenvalue weighted by atomic mass is 10.2. The van der Waals surface area contributed by atoms with Crippen LogP contribution in [0.15, 0.2) is 70.3 Å². The Labute approximate surface area is 182 Å². The van der Waals surface area contributed by atoms with Crippen molar-refractivity contribution >= 4 is 33.1 Å². The maximum absolute atomic E-state index is 13.3. The Hall–Kier alpha value is -3.65. The molecule has 31 heavy (non-hydrogen) atoms. The lowest BCUT2D eigenvalue weighted by molar-refractivity contribution is -0.116. The zero-order chi connectivity index (χ0) is 22.0. The van der Waals surface area contributed by atoms with Crippen molar-refractivity contribution in [1.29, 1.82) is 0 Å². The quantitative estimate of drug-likeness (QED) is 0.504. The maximum Gasteiger partial charge on any atom is 0.332 e. The largest absolute Gasteiger partial charge is 0.495 e. The van der Waals surface area contributed by atoms with Crippen LogP contribution in [0.5, 0.6) is 5.75 Å². The minimum Gasteiger partial charge on any atom is -0.495 e. The van der Waals surface area contributed by atoms with Crippen LogP contribution in [0.2, 0.25) is 0 Å². The van der Waals surface area contributed by atoms with Gasteiger partial charge < -0.3 is 10.1 Å². The number of para-hydroxylation sites is 2. The number of benzene rings is 2. The molecular weight excluding hydrogens is 414 g/mol. The summed E-state index contributed by atoms with van der Waals surface area (Å²) in [6, 6.07) is 18.1. The van der Waals surface area contributed by atoms with Crippen molar-refractivity contribution in [2.45, 2.75) is 20.0 Å². The molecule has 4 aromatic rings. The Morgan fingerprint density at radius 2 is 1.74 bits per heavy atom. The SMILES string of the molecule is COc1ccccc1NC(=O)Cn1c(=O)n(Cc2ccccc2)c(=O)c2cc(C)sc21. The molecule has 0 aliphatic heterocycles. The number of amides is 1. The third-order valence-electron chi connectivity index (χ3n) is 4.88. The van der Waals surface area contributed by atoms with E-state index in [-0.39, 0.29) is 24.6 Å².